The SMILES string of the molecule is Cc1c(B(O)O)c2cccnc2n1S(=O)(=O)c1ccccc1. The lowest BCUT2D eigenvalue weighted by molar-refractivity contribution is 0.426. The van der Waals surface area contributed by atoms with Crippen molar-refractivity contribution >= 4 is 33.6 Å². The van der Waals surface area contributed by atoms with Crippen LogP contribution in [0.25, 0.3) is 11.0 Å². The molecule has 0 aliphatic heterocycles. The van der Waals surface area contributed by atoms with Gasteiger partial charge in [0.1, 0.15) is 0 Å². The van der Waals surface area contributed by atoms with Crippen LogP contribution in [0.5, 0.6) is 0 Å². The van der Waals surface area contributed by atoms with Gasteiger partial charge in [0.2, 0.25) is 0 Å². The van der Waals surface area contributed by atoms with Gasteiger partial charge in [-0.3, -0.25) is 0 Å². The standard InChI is InChI=1S/C14H13BN2O4S/c1-10-13(15(18)19)12-8-5-9-16-14(12)17(10)22(20,21)11-6-3-2-4-7-11/h2-9,18-19H,1H3. The molecule has 2 N–H and O–H groups in total. The van der Waals surface area contributed by atoms with E-state index in [4.69, 9.17) is 0 Å². The maximum atomic E-state index is 12.9. The van der Waals surface area contributed by atoms with Crippen LogP contribution in [-0.2, 0) is 10.0 Å². The normalized spacial score (nSPS) is 11.8. The Morgan fingerprint density at radius 1 is 1.09 bits per heavy atom. The van der Waals surface area contributed by atoms with Gasteiger partial charge < -0.3 is 10.0 Å². The van der Waals surface area contributed by atoms with Crippen molar-refractivity contribution in [1.29, 1.82) is 0 Å². The molecule has 0 unspecified atom stereocenters. The number of nitrogens with zero attached hydrogens (tertiary/aromatic N) is 2. The molecule has 0 saturated heterocycles. The highest BCUT2D eigenvalue weighted by molar-refractivity contribution is 7.90. The van der Waals surface area contributed by atoms with Crippen LogP contribution in [0.4, 0.5) is 0 Å². The Kier molecular flexibility index (Phi) is 3.52. The second kappa shape index (κ2) is 5.24. The monoisotopic (exact) mass is 316 g/mol. The topological polar surface area (TPSA) is 92.4 Å². The van der Waals surface area contributed by atoms with E-state index in [0.29, 0.717) is 5.39 Å². The molecule has 1 aromatic carbocycles. The van der Waals surface area contributed by atoms with Crippen molar-refractivity contribution in [2.24, 2.45) is 0 Å². The Bertz CT molecular complexity index is 936. The maximum Gasteiger partial charge on any atom is 0.491 e. The lowest BCUT2D eigenvalue weighted by Gasteiger charge is -2.09. The summed E-state index contributed by atoms with van der Waals surface area (Å²) in [6.07, 6.45) is 1.46. The summed E-state index contributed by atoms with van der Waals surface area (Å²) in [7, 11) is -5.66. The van der Waals surface area contributed by atoms with Crippen LogP contribution >= 0.6 is 0 Å². The molecule has 8 heteroatoms. The lowest BCUT2D eigenvalue weighted by Crippen LogP contribution is -2.32. The Morgan fingerprint density at radius 3 is 2.41 bits per heavy atom. The molecule has 0 radical (unpaired) electrons. The molecule has 112 valence electrons. The number of pyridine rings is 1. The fourth-order valence-corrected chi connectivity index (χ4v) is 4.09. The van der Waals surface area contributed by atoms with Crippen molar-refractivity contribution in [2.75, 3.05) is 0 Å². The molecule has 0 aliphatic rings. The maximum absolute atomic E-state index is 12.9. The zero-order valence-electron chi connectivity index (χ0n) is 11.7. The van der Waals surface area contributed by atoms with Crippen LogP contribution in [0.3, 0.4) is 0 Å². The molecule has 0 aliphatic carbocycles. The molecule has 2 aromatic heterocycles. The predicted octanol–water partition coefficient (Wildman–Crippen LogP) is 0.262. The summed E-state index contributed by atoms with van der Waals surface area (Å²) in [5.74, 6) is 0. The minimum absolute atomic E-state index is 0.111. The molecule has 6 nitrogen and oxygen atoms in total. The van der Waals surface area contributed by atoms with Gasteiger partial charge in [-0.1, -0.05) is 18.2 Å². The van der Waals surface area contributed by atoms with E-state index in [1.165, 1.54) is 25.3 Å². The molecular formula is C14H13BN2O4S. The minimum Gasteiger partial charge on any atom is -0.423 e. The van der Waals surface area contributed by atoms with Gasteiger partial charge in [0.15, 0.2) is 5.65 Å². The molecule has 2 heterocycles. The molecule has 0 atom stereocenters. The lowest BCUT2D eigenvalue weighted by atomic mass is 9.78. The van der Waals surface area contributed by atoms with E-state index < -0.39 is 17.1 Å². The van der Waals surface area contributed by atoms with Crippen molar-refractivity contribution in [3.8, 4) is 0 Å². The van der Waals surface area contributed by atoms with E-state index in [1.54, 1.807) is 30.3 Å². The smallest absolute Gasteiger partial charge is 0.423 e. The molecule has 22 heavy (non-hydrogen) atoms. The summed E-state index contributed by atoms with van der Waals surface area (Å²) in [5, 5.41) is 19.5. The third kappa shape index (κ3) is 2.12. The Hall–Kier alpha value is -2.16. The van der Waals surface area contributed by atoms with E-state index >= 15 is 0 Å². The van der Waals surface area contributed by atoms with Crippen LogP contribution in [0, 0.1) is 6.92 Å². The minimum atomic E-state index is -3.88. The van der Waals surface area contributed by atoms with Crippen LogP contribution < -0.4 is 5.46 Å². The van der Waals surface area contributed by atoms with Gasteiger partial charge in [0.05, 0.1) is 4.90 Å². The average Bonchev–Trinajstić information content (AvgIpc) is 2.80. The van der Waals surface area contributed by atoms with E-state index in [9.17, 15) is 18.5 Å². The van der Waals surface area contributed by atoms with Gasteiger partial charge in [-0.25, -0.2) is 17.4 Å². The number of hydrogen-bond donors (Lipinski definition) is 2. The first-order valence-corrected chi connectivity index (χ1v) is 8.01. The third-order valence-electron chi connectivity index (χ3n) is 3.50. The second-order valence-electron chi connectivity index (χ2n) is 4.83. The van der Waals surface area contributed by atoms with Gasteiger partial charge in [0.25, 0.3) is 10.0 Å². The summed E-state index contributed by atoms with van der Waals surface area (Å²) in [5.41, 5.74) is 0.544. The van der Waals surface area contributed by atoms with Crippen molar-refractivity contribution in [2.45, 2.75) is 11.8 Å². The highest BCUT2D eigenvalue weighted by Gasteiger charge is 2.29. The van der Waals surface area contributed by atoms with E-state index in [0.717, 1.165) is 3.97 Å². The van der Waals surface area contributed by atoms with Crippen LogP contribution in [0.15, 0.2) is 53.6 Å². The first-order chi connectivity index (χ1) is 10.4. The first kappa shape index (κ1) is 14.8. The van der Waals surface area contributed by atoms with Gasteiger partial charge in [-0.2, -0.15) is 0 Å². The van der Waals surface area contributed by atoms with E-state index in [2.05, 4.69) is 4.98 Å². The number of aromatic nitrogens is 2. The molecule has 0 bridgehead atoms. The van der Waals surface area contributed by atoms with Crippen LogP contribution in [0.2, 0.25) is 0 Å². The first-order valence-electron chi connectivity index (χ1n) is 6.57. The quantitative estimate of drug-likeness (QED) is 0.676. The molecule has 3 aromatic rings. The highest BCUT2D eigenvalue weighted by atomic mass is 32.2. The summed E-state index contributed by atoms with van der Waals surface area (Å²) >= 11 is 0. The fraction of sp³-hybridized carbons (Fsp3) is 0.0714. The van der Waals surface area contributed by atoms with Crippen molar-refractivity contribution < 1.29 is 18.5 Å². The molecule has 0 spiro atoms. The van der Waals surface area contributed by atoms with Gasteiger partial charge in [0, 0.05) is 22.7 Å². The summed E-state index contributed by atoms with van der Waals surface area (Å²) in [6.45, 7) is 1.52. The van der Waals surface area contributed by atoms with Crippen molar-refractivity contribution in [3.63, 3.8) is 0 Å². The Labute approximate surface area is 127 Å². The van der Waals surface area contributed by atoms with Crippen molar-refractivity contribution in [3.05, 3.63) is 54.4 Å². The molecule has 0 amide bonds. The molecule has 0 fully saturated rings. The number of rotatable bonds is 3. The van der Waals surface area contributed by atoms with Gasteiger partial charge in [-0.05, 0) is 31.2 Å². The predicted molar refractivity (Wildman–Crippen MR) is 83.3 cm³/mol. The molecule has 3 rings (SSSR count). The number of hydrogen-bond acceptors (Lipinski definition) is 5. The fourth-order valence-electron chi connectivity index (χ4n) is 2.55. The third-order valence-corrected chi connectivity index (χ3v) is 5.30. The highest BCUT2D eigenvalue weighted by Crippen LogP contribution is 2.22. The summed E-state index contributed by atoms with van der Waals surface area (Å²) in [6, 6.07) is 11.2. The van der Waals surface area contributed by atoms with E-state index in [1.807, 2.05) is 0 Å². The van der Waals surface area contributed by atoms with Gasteiger partial charge >= 0.3 is 7.12 Å². The van der Waals surface area contributed by atoms with Crippen LogP contribution in [-0.4, -0.2) is 34.5 Å². The zero-order chi connectivity index (χ0) is 15.9. The number of fused-ring (bicyclic) bond motifs is 1. The zero-order valence-corrected chi connectivity index (χ0v) is 12.5. The largest absolute Gasteiger partial charge is 0.491 e. The van der Waals surface area contributed by atoms with Crippen molar-refractivity contribution in [1.82, 2.24) is 8.96 Å². The Balaban J connectivity index is 2.40. The summed E-state index contributed by atoms with van der Waals surface area (Å²) in [4.78, 5) is 4.21. The molecule has 0 saturated carbocycles. The van der Waals surface area contributed by atoms with Crippen LogP contribution in [0.1, 0.15) is 5.69 Å². The van der Waals surface area contributed by atoms with E-state index in [-0.39, 0.29) is 21.7 Å². The molecular weight excluding hydrogens is 303 g/mol. The summed E-state index contributed by atoms with van der Waals surface area (Å²) < 4.78 is 26.8. The second-order valence-corrected chi connectivity index (χ2v) is 6.62. The number of benzene rings is 1. The van der Waals surface area contributed by atoms with Gasteiger partial charge in [-0.15, -0.1) is 0 Å². The Morgan fingerprint density at radius 2 is 1.77 bits per heavy atom. The average molecular weight is 316 g/mol.